The molecule has 1 heterocycles. The van der Waals surface area contributed by atoms with Crippen LogP contribution in [-0.2, 0) is 4.79 Å². The van der Waals surface area contributed by atoms with E-state index in [1.807, 2.05) is 0 Å². The topological polar surface area (TPSA) is 41.1 Å². The molecule has 11 heavy (non-hydrogen) atoms. The van der Waals surface area contributed by atoms with Crippen LogP contribution in [0.4, 0.5) is 0 Å². The van der Waals surface area contributed by atoms with E-state index < -0.39 is 0 Å². The normalized spacial score (nSPS) is 31.6. The minimum atomic E-state index is 0.196. The summed E-state index contributed by atoms with van der Waals surface area (Å²) in [5.74, 6) is 0.196. The standard InChI is InChI=1S/C8H14N2O/c11-8-4-7(5-9-8)10-6-2-1-3-6/h6-7,10H,1-5H2,(H,9,11). The maximum absolute atomic E-state index is 10.8. The first-order chi connectivity index (χ1) is 5.34. The van der Waals surface area contributed by atoms with Crippen molar-refractivity contribution in [1.29, 1.82) is 0 Å². The minimum absolute atomic E-state index is 0.196. The quantitative estimate of drug-likeness (QED) is 0.588. The smallest absolute Gasteiger partial charge is 0.221 e. The van der Waals surface area contributed by atoms with Crippen LogP contribution in [0.1, 0.15) is 25.7 Å². The van der Waals surface area contributed by atoms with Gasteiger partial charge in [-0.05, 0) is 12.8 Å². The predicted molar refractivity (Wildman–Crippen MR) is 42.2 cm³/mol. The van der Waals surface area contributed by atoms with Crippen molar-refractivity contribution in [3.63, 3.8) is 0 Å². The average Bonchev–Trinajstić information content (AvgIpc) is 2.27. The van der Waals surface area contributed by atoms with E-state index in [0.29, 0.717) is 18.5 Å². The van der Waals surface area contributed by atoms with E-state index in [0.717, 1.165) is 6.54 Å². The molecule has 2 N–H and O–H groups in total. The summed E-state index contributed by atoms with van der Waals surface area (Å²) in [6.45, 7) is 0.829. The molecule has 0 radical (unpaired) electrons. The molecule has 1 saturated heterocycles. The maximum Gasteiger partial charge on any atom is 0.221 e. The number of nitrogens with one attached hydrogen (secondary N) is 2. The second kappa shape index (κ2) is 2.81. The van der Waals surface area contributed by atoms with Gasteiger partial charge in [-0.15, -0.1) is 0 Å². The minimum Gasteiger partial charge on any atom is -0.354 e. The second-order valence-electron chi connectivity index (χ2n) is 3.50. The fraction of sp³-hybridized carbons (Fsp3) is 0.875. The molecule has 2 fully saturated rings. The zero-order chi connectivity index (χ0) is 7.68. The van der Waals surface area contributed by atoms with E-state index >= 15 is 0 Å². The Hall–Kier alpha value is -0.570. The molecule has 3 heteroatoms. The largest absolute Gasteiger partial charge is 0.354 e. The van der Waals surface area contributed by atoms with Crippen molar-refractivity contribution in [3.05, 3.63) is 0 Å². The molecule has 0 aromatic heterocycles. The van der Waals surface area contributed by atoms with E-state index in [-0.39, 0.29) is 5.91 Å². The maximum atomic E-state index is 10.8. The van der Waals surface area contributed by atoms with Crippen molar-refractivity contribution < 1.29 is 4.79 Å². The summed E-state index contributed by atoms with van der Waals surface area (Å²) in [6, 6.07) is 1.11. The summed E-state index contributed by atoms with van der Waals surface area (Å²) in [5, 5.41) is 6.28. The van der Waals surface area contributed by atoms with E-state index in [1.54, 1.807) is 0 Å². The van der Waals surface area contributed by atoms with Crippen LogP contribution in [0.25, 0.3) is 0 Å². The van der Waals surface area contributed by atoms with Gasteiger partial charge in [-0.25, -0.2) is 0 Å². The summed E-state index contributed by atoms with van der Waals surface area (Å²) >= 11 is 0. The number of amides is 1. The Kier molecular flexibility index (Phi) is 1.82. The van der Waals surface area contributed by atoms with E-state index in [9.17, 15) is 4.79 Å². The van der Waals surface area contributed by atoms with Crippen molar-refractivity contribution >= 4 is 5.91 Å². The molecular weight excluding hydrogens is 140 g/mol. The summed E-state index contributed by atoms with van der Waals surface area (Å²) in [5.41, 5.74) is 0. The predicted octanol–water partition coefficient (Wildman–Crippen LogP) is 0.0170. The highest BCUT2D eigenvalue weighted by atomic mass is 16.1. The third-order valence-electron chi connectivity index (χ3n) is 2.55. The lowest BCUT2D eigenvalue weighted by Crippen LogP contribution is -2.43. The van der Waals surface area contributed by atoms with Gasteiger partial charge in [0.15, 0.2) is 0 Å². The van der Waals surface area contributed by atoms with Gasteiger partial charge in [-0.3, -0.25) is 4.79 Å². The van der Waals surface area contributed by atoms with E-state index in [1.165, 1.54) is 19.3 Å². The first-order valence-corrected chi connectivity index (χ1v) is 4.37. The highest BCUT2D eigenvalue weighted by molar-refractivity contribution is 5.78. The van der Waals surface area contributed by atoms with Crippen LogP contribution < -0.4 is 10.6 Å². The SMILES string of the molecule is O=C1CC(NC2CCC2)CN1. The third kappa shape index (κ3) is 1.53. The lowest BCUT2D eigenvalue weighted by atomic mass is 9.92. The number of carbonyl (C=O) groups is 1. The highest BCUT2D eigenvalue weighted by Crippen LogP contribution is 2.19. The Balaban J connectivity index is 1.73. The molecule has 1 aliphatic heterocycles. The van der Waals surface area contributed by atoms with Gasteiger partial charge in [0, 0.05) is 25.0 Å². The molecule has 1 saturated carbocycles. The van der Waals surface area contributed by atoms with Crippen LogP contribution in [0.15, 0.2) is 0 Å². The van der Waals surface area contributed by atoms with Gasteiger partial charge >= 0.3 is 0 Å². The molecule has 1 unspecified atom stereocenters. The van der Waals surface area contributed by atoms with Crippen LogP contribution in [0, 0.1) is 0 Å². The molecule has 1 atom stereocenters. The van der Waals surface area contributed by atoms with Crippen molar-refractivity contribution in [1.82, 2.24) is 10.6 Å². The molecule has 0 aromatic carbocycles. The molecule has 3 nitrogen and oxygen atoms in total. The summed E-state index contributed by atoms with van der Waals surface area (Å²) in [6.07, 6.45) is 4.62. The van der Waals surface area contributed by atoms with Gasteiger partial charge in [-0.2, -0.15) is 0 Å². The fourth-order valence-electron chi connectivity index (χ4n) is 1.63. The van der Waals surface area contributed by atoms with Crippen molar-refractivity contribution in [2.75, 3.05) is 6.54 Å². The van der Waals surface area contributed by atoms with Gasteiger partial charge in [0.25, 0.3) is 0 Å². The first-order valence-electron chi connectivity index (χ1n) is 4.37. The summed E-state index contributed by atoms with van der Waals surface area (Å²) in [7, 11) is 0. The van der Waals surface area contributed by atoms with Crippen LogP contribution in [0.3, 0.4) is 0 Å². The summed E-state index contributed by atoms with van der Waals surface area (Å²) in [4.78, 5) is 10.8. The lowest BCUT2D eigenvalue weighted by molar-refractivity contribution is -0.119. The van der Waals surface area contributed by atoms with Crippen molar-refractivity contribution in [2.45, 2.75) is 37.8 Å². The fourth-order valence-corrected chi connectivity index (χ4v) is 1.63. The average molecular weight is 154 g/mol. The first kappa shape index (κ1) is 7.10. The van der Waals surface area contributed by atoms with Crippen LogP contribution in [0.5, 0.6) is 0 Å². The van der Waals surface area contributed by atoms with Crippen molar-refractivity contribution in [2.24, 2.45) is 0 Å². The Morgan fingerprint density at radius 3 is 2.64 bits per heavy atom. The molecule has 2 aliphatic rings. The molecule has 1 amide bonds. The second-order valence-corrected chi connectivity index (χ2v) is 3.50. The van der Waals surface area contributed by atoms with E-state index in [4.69, 9.17) is 0 Å². The third-order valence-corrected chi connectivity index (χ3v) is 2.55. The zero-order valence-corrected chi connectivity index (χ0v) is 6.60. The molecular formula is C8H14N2O. The number of rotatable bonds is 2. The summed E-state index contributed by atoms with van der Waals surface area (Å²) < 4.78 is 0. The zero-order valence-electron chi connectivity index (χ0n) is 6.60. The number of carbonyl (C=O) groups excluding carboxylic acids is 1. The monoisotopic (exact) mass is 154 g/mol. The molecule has 62 valence electrons. The lowest BCUT2D eigenvalue weighted by Gasteiger charge is -2.29. The molecule has 2 rings (SSSR count). The highest BCUT2D eigenvalue weighted by Gasteiger charge is 2.26. The number of hydrogen-bond donors (Lipinski definition) is 2. The number of hydrogen-bond acceptors (Lipinski definition) is 2. The Labute approximate surface area is 66.5 Å². The van der Waals surface area contributed by atoms with Gasteiger partial charge in [-0.1, -0.05) is 6.42 Å². The Bertz CT molecular complexity index is 165. The van der Waals surface area contributed by atoms with Gasteiger partial charge in [0.1, 0.15) is 0 Å². The molecule has 0 aromatic rings. The molecule has 1 aliphatic carbocycles. The van der Waals surface area contributed by atoms with E-state index in [2.05, 4.69) is 10.6 Å². The van der Waals surface area contributed by atoms with Gasteiger partial charge in [0.2, 0.25) is 5.91 Å². The van der Waals surface area contributed by atoms with Crippen LogP contribution >= 0.6 is 0 Å². The molecule has 0 spiro atoms. The Morgan fingerprint density at radius 1 is 1.36 bits per heavy atom. The van der Waals surface area contributed by atoms with Crippen LogP contribution in [-0.4, -0.2) is 24.5 Å². The van der Waals surface area contributed by atoms with Crippen molar-refractivity contribution in [3.8, 4) is 0 Å². The van der Waals surface area contributed by atoms with Gasteiger partial charge in [0.05, 0.1) is 0 Å². The molecule has 0 bridgehead atoms. The Morgan fingerprint density at radius 2 is 2.18 bits per heavy atom. The van der Waals surface area contributed by atoms with Crippen LogP contribution in [0.2, 0.25) is 0 Å². The van der Waals surface area contributed by atoms with Gasteiger partial charge < -0.3 is 10.6 Å².